The van der Waals surface area contributed by atoms with E-state index in [0.717, 1.165) is 48.6 Å². The van der Waals surface area contributed by atoms with Gasteiger partial charge in [-0.15, -0.1) is 0 Å². The summed E-state index contributed by atoms with van der Waals surface area (Å²) in [7, 11) is 1.65. The zero-order chi connectivity index (χ0) is 21.0. The summed E-state index contributed by atoms with van der Waals surface area (Å²) in [6, 6.07) is 3.78. The number of likely N-dealkylation sites (tertiary alicyclic amines) is 1. The average molecular weight is 402 g/mol. The fourth-order valence-corrected chi connectivity index (χ4v) is 3.94. The van der Waals surface area contributed by atoms with E-state index in [2.05, 4.69) is 23.0 Å². The van der Waals surface area contributed by atoms with E-state index in [0.29, 0.717) is 31.1 Å². The number of benzene rings is 1. The third-order valence-electron chi connectivity index (χ3n) is 5.65. The lowest BCUT2D eigenvalue weighted by atomic mass is 9.89. The number of carbonyl (C=O) groups is 1. The topological polar surface area (TPSA) is 83.4 Å². The fraction of sp³-hybridized carbons (Fsp3) is 0.545. The molecule has 2 aliphatic rings. The molecular formula is C22H31N3O4. The van der Waals surface area contributed by atoms with Crippen molar-refractivity contribution in [3.8, 4) is 5.75 Å². The molecule has 2 amide bonds. The van der Waals surface area contributed by atoms with Crippen molar-refractivity contribution in [1.82, 2.24) is 10.2 Å². The van der Waals surface area contributed by atoms with Gasteiger partial charge in [-0.05, 0) is 50.7 Å². The van der Waals surface area contributed by atoms with Crippen molar-refractivity contribution >= 4 is 17.9 Å². The Labute approximate surface area is 172 Å². The lowest BCUT2D eigenvalue weighted by Crippen LogP contribution is -2.40. The van der Waals surface area contributed by atoms with Crippen LogP contribution in [-0.4, -0.2) is 61.3 Å². The third kappa shape index (κ3) is 5.16. The summed E-state index contributed by atoms with van der Waals surface area (Å²) < 4.78 is 11.0. The first-order chi connectivity index (χ1) is 13.8. The van der Waals surface area contributed by atoms with Crippen LogP contribution in [0.2, 0.25) is 0 Å². The molecule has 1 aromatic rings. The molecule has 1 atom stereocenters. The Hall–Kier alpha value is -2.38. The molecule has 1 aromatic carbocycles. The summed E-state index contributed by atoms with van der Waals surface area (Å²) in [5.74, 6) is 1.16. The zero-order valence-electron chi connectivity index (χ0n) is 17.5. The molecular weight excluding hydrogens is 370 g/mol. The van der Waals surface area contributed by atoms with Crippen LogP contribution in [0, 0.1) is 6.92 Å². The highest BCUT2D eigenvalue weighted by atomic mass is 16.5. The minimum Gasteiger partial charge on any atom is -0.496 e. The number of urea groups is 1. The minimum atomic E-state index is -0.830. The van der Waals surface area contributed by atoms with Gasteiger partial charge in [0, 0.05) is 25.3 Å². The molecule has 0 saturated carbocycles. The summed E-state index contributed by atoms with van der Waals surface area (Å²) in [5.41, 5.74) is 2.56. The molecule has 3 rings (SSSR count). The number of rotatable bonds is 5. The highest BCUT2D eigenvalue weighted by Gasteiger charge is 2.34. The number of ether oxygens (including phenoxy) is 2. The van der Waals surface area contributed by atoms with Crippen molar-refractivity contribution < 1.29 is 19.4 Å². The molecule has 2 saturated heterocycles. The summed E-state index contributed by atoms with van der Waals surface area (Å²) in [4.78, 5) is 18.6. The maximum absolute atomic E-state index is 12.4. The van der Waals surface area contributed by atoms with Crippen molar-refractivity contribution in [2.75, 3.05) is 33.4 Å². The Morgan fingerprint density at radius 3 is 2.79 bits per heavy atom. The molecule has 0 radical (unpaired) electrons. The molecule has 7 nitrogen and oxygen atoms in total. The summed E-state index contributed by atoms with van der Waals surface area (Å²) in [5, 5.41) is 12.8. The van der Waals surface area contributed by atoms with Crippen molar-refractivity contribution in [1.29, 1.82) is 0 Å². The number of hydrogen-bond donors (Lipinski definition) is 2. The van der Waals surface area contributed by atoms with Crippen molar-refractivity contribution in [3.05, 3.63) is 35.5 Å². The number of allylic oxidation sites excluding steroid dienone is 1. The van der Waals surface area contributed by atoms with Crippen LogP contribution in [0.5, 0.6) is 5.75 Å². The second-order valence-electron chi connectivity index (χ2n) is 8.10. The molecule has 2 aliphatic heterocycles. The predicted molar refractivity (Wildman–Crippen MR) is 113 cm³/mol. The Morgan fingerprint density at radius 1 is 1.45 bits per heavy atom. The minimum absolute atomic E-state index is 0.272. The van der Waals surface area contributed by atoms with E-state index >= 15 is 0 Å². The molecule has 29 heavy (non-hydrogen) atoms. The number of hydrogen-bond acceptors (Lipinski definition) is 5. The number of methoxy groups -OCH3 is 1. The number of amides is 2. The van der Waals surface area contributed by atoms with Crippen LogP contribution in [0.1, 0.15) is 43.2 Å². The second-order valence-corrected chi connectivity index (χ2v) is 8.10. The number of aliphatic imine (C=N–C) groups is 1. The number of nitrogens with zero attached hydrogens (tertiary/aromatic N) is 2. The van der Waals surface area contributed by atoms with Gasteiger partial charge in [-0.1, -0.05) is 12.6 Å². The SMILES string of the molecule is C=C(/C=N\c1c(C2CCOCC2)ccc(OC)c1C)NC(=O)N1CC[C@@](C)(O)C1. The normalized spacial score (nSPS) is 22.8. The van der Waals surface area contributed by atoms with E-state index in [4.69, 9.17) is 9.47 Å². The van der Waals surface area contributed by atoms with Crippen LogP contribution in [-0.2, 0) is 4.74 Å². The number of β-amino-alcohol motifs (C(OH)–C–C–N with tert-alkyl or cyclic N) is 1. The van der Waals surface area contributed by atoms with Crippen LogP contribution in [0.4, 0.5) is 10.5 Å². The Morgan fingerprint density at radius 2 is 2.17 bits per heavy atom. The Kier molecular flexibility index (Phi) is 6.59. The van der Waals surface area contributed by atoms with E-state index in [-0.39, 0.29) is 6.03 Å². The first-order valence-electron chi connectivity index (χ1n) is 10.1. The van der Waals surface area contributed by atoms with Gasteiger partial charge in [0.1, 0.15) is 5.75 Å². The molecule has 158 valence electrons. The average Bonchev–Trinajstić information content (AvgIpc) is 3.07. The standard InChI is InChI=1S/C22H31N3O4/c1-15(24-21(26)25-10-9-22(3,27)14-25)13-23-20-16(2)19(28-4)6-5-18(20)17-7-11-29-12-8-17/h5-6,13,17,27H,1,7-12,14H2,2-4H3,(H,24,26)/b23-13-/t22-/m1/s1. The van der Waals surface area contributed by atoms with Gasteiger partial charge in [0.15, 0.2) is 0 Å². The quantitative estimate of drug-likeness (QED) is 0.742. The fourth-order valence-electron chi connectivity index (χ4n) is 3.94. The van der Waals surface area contributed by atoms with Gasteiger partial charge in [-0.2, -0.15) is 0 Å². The molecule has 0 aromatic heterocycles. The summed E-state index contributed by atoms with van der Waals surface area (Å²) >= 11 is 0. The zero-order valence-corrected chi connectivity index (χ0v) is 17.5. The first kappa shape index (κ1) is 21.3. The van der Waals surface area contributed by atoms with E-state index < -0.39 is 5.60 Å². The molecule has 2 N–H and O–H groups in total. The highest BCUT2D eigenvalue weighted by Crippen LogP contribution is 2.39. The molecule has 0 bridgehead atoms. The van der Waals surface area contributed by atoms with Crippen molar-refractivity contribution in [3.63, 3.8) is 0 Å². The van der Waals surface area contributed by atoms with Gasteiger partial charge in [-0.3, -0.25) is 4.99 Å². The van der Waals surface area contributed by atoms with Crippen LogP contribution in [0.3, 0.4) is 0 Å². The predicted octanol–water partition coefficient (Wildman–Crippen LogP) is 3.28. The van der Waals surface area contributed by atoms with Gasteiger partial charge in [0.25, 0.3) is 0 Å². The van der Waals surface area contributed by atoms with Crippen molar-refractivity contribution in [2.24, 2.45) is 4.99 Å². The third-order valence-corrected chi connectivity index (χ3v) is 5.65. The van der Waals surface area contributed by atoms with Crippen LogP contribution in [0.25, 0.3) is 0 Å². The maximum atomic E-state index is 12.4. The van der Waals surface area contributed by atoms with E-state index in [1.807, 2.05) is 13.0 Å². The van der Waals surface area contributed by atoms with Crippen LogP contribution >= 0.6 is 0 Å². The van der Waals surface area contributed by atoms with E-state index in [1.165, 1.54) is 0 Å². The monoisotopic (exact) mass is 401 g/mol. The van der Waals surface area contributed by atoms with Gasteiger partial charge in [0.05, 0.1) is 36.9 Å². The maximum Gasteiger partial charge on any atom is 0.321 e. The van der Waals surface area contributed by atoms with Crippen LogP contribution < -0.4 is 10.1 Å². The van der Waals surface area contributed by atoms with Gasteiger partial charge >= 0.3 is 6.03 Å². The number of nitrogens with one attached hydrogen (secondary N) is 1. The lowest BCUT2D eigenvalue weighted by Gasteiger charge is -2.25. The number of carbonyl (C=O) groups excluding carboxylic acids is 1. The van der Waals surface area contributed by atoms with Crippen molar-refractivity contribution in [2.45, 2.75) is 44.6 Å². The molecule has 7 heteroatoms. The van der Waals surface area contributed by atoms with E-state index in [9.17, 15) is 9.90 Å². The summed E-state index contributed by atoms with van der Waals surface area (Å²) in [6.07, 6.45) is 4.07. The van der Waals surface area contributed by atoms with Crippen LogP contribution in [0.15, 0.2) is 29.4 Å². The molecule has 2 heterocycles. The lowest BCUT2D eigenvalue weighted by molar-refractivity contribution is 0.0721. The first-order valence-corrected chi connectivity index (χ1v) is 10.1. The Bertz CT molecular complexity index is 797. The van der Waals surface area contributed by atoms with Gasteiger partial charge < -0.3 is 24.8 Å². The highest BCUT2D eigenvalue weighted by molar-refractivity contribution is 5.88. The van der Waals surface area contributed by atoms with Gasteiger partial charge in [-0.25, -0.2) is 4.79 Å². The molecule has 0 unspecified atom stereocenters. The molecule has 0 spiro atoms. The van der Waals surface area contributed by atoms with E-state index in [1.54, 1.807) is 25.1 Å². The van der Waals surface area contributed by atoms with Gasteiger partial charge in [0.2, 0.25) is 0 Å². The molecule has 0 aliphatic carbocycles. The largest absolute Gasteiger partial charge is 0.496 e. The number of aliphatic hydroxyl groups is 1. The smallest absolute Gasteiger partial charge is 0.321 e. The second kappa shape index (κ2) is 8.97. The Balaban J connectivity index is 1.74. The summed E-state index contributed by atoms with van der Waals surface area (Å²) in [6.45, 7) is 9.97. The molecule has 2 fully saturated rings.